The first-order chi connectivity index (χ1) is 11.4. The molecule has 0 atom stereocenters. The van der Waals surface area contributed by atoms with Crippen LogP contribution in [0.2, 0.25) is 0 Å². The average molecular weight is 312 g/mol. The number of rotatable bonds is 2. The maximum Gasteiger partial charge on any atom is 0.0684 e. The number of nitrogens with one attached hydrogen (secondary N) is 2. The molecular weight excluding hydrogens is 284 g/mol. The summed E-state index contributed by atoms with van der Waals surface area (Å²) in [5.74, 6) is 2.56. The number of fused-ring (bicyclic) bond motifs is 1. The van der Waals surface area contributed by atoms with Crippen molar-refractivity contribution in [2.24, 2.45) is 11.8 Å². The summed E-state index contributed by atoms with van der Waals surface area (Å²) in [6.45, 7) is 2.46. The van der Waals surface area contributed by atoms with E-state index < -0.39 is 0 Å². The van der Waals surface area contributed by atoms with Gasteiger partial charge < -0.3 is 5.32 Å². The van der Waals surface area contributed by atoms with E-state index >= 15 is 0 Å². The largest absolute Gasteiger partial charge is 0.317 e. The Morgan fingerprint density at radius 3 is 2.43 bits per heavy atom. The first-order valence-electron chi connectivity index (χ1n) is 9.40. The molecule has 1 aliphatic carbocycles. The number of nitrogens with zero attached hydrogens (tertiary/aromatic N) is 2. The molecule has 1 saturated carbocycles. The van der Waals surface area contributed by atoms with E-state index in [0.717, 1.165) is 17.4 Å². The zero-order valence-corrected chi connectivity index (χ0v) is 13.9. The van der Waals surface area contributed by atoms with Gasteiger partial charge >= 0.3 is 0 Å². The minimum absolute atomic E-state index is 0.616. The van der Waals surface area contributed by atoms with Gasteiger partial charge in [-0.3, -0.25) is 10.1 Å². The second kappa shape index (κ2) is 7.00. The summed E-state index contributed by atoms with van der Waals surface area (Å²) >= 11 is 0. The minimum atomic E-state index is 0.616. The van der Waals surface area contributed by atoms with Crippen LogP contribution in [0.15, 0.2) is 18.5 Å². The van der Waals surface area contributed by atoms with Crippen molar-refractivity contribution in [3.8, 4) is 0 Å². The predicted octanol–water partition coefficient (Wildman–Crippen LogP) is 4.01. The number of piperidine rings is 1. The molecule has 23 heavy (non-hydrogen) atoms. The molecule has 0 unspecified atom stereocenters. The summed E-state index contributed by atoms with van der Waals surface area (Å²) in [7, 11) is 0. The molecule has 2 aliphatic rings. The van der Waals surface area contributed by atoms with Crippen molar-refractivity contribution in [3.63, 3.8) is 0 Å². The zero-order valence-electron chi connectivity index (χ0n) is 13.9. The van der Waals surface area contributed by atoms with Gasteiger partial charge in [0.05, 0.1) is 17.4 Å². The van der Waals surface area contributed by atoms with Gasteiger partial charge in [0.1, 0.15) is 0 Å². The van der Waals surface area contributed by atoms with Gasteiger partial charge in [-0.05, 0) is 56.7 Å². The standard InChI is InChI=1S/C19H28N4/c1-3-14(15-7-10-20-11-8-15)4-2-6-16(5-1)19-17-13-22-23-18(17)9-12-21-19/h9,12-16,20H,1-8,10-11H2,(H,22,23). The highest BCUT2D eigenvalue weighted by Crippen LogP contribution is 2.38. The molecular formula is C19H28N4. The highest BCUT2D eigenvalue weighted by molar-refractivity contribution is 5.80. The maximum absolute atomic E-state index is 4.72. The Balaban J connectivity index is 1.43. The van der Waals surface area contributed by atoms with E-state index in [1.165, 1.54) is 75.5 Å². The minimum Gasteiger partial charge on any atom is -0.317 e. The van der Waals surface area contributed by atoms with Crippen molar-refractivity contribution >= 4 is 10.9 Å². The highest BCUT2D eigenvalue weighted by atomic mass is 15.1. The fraction of sp³-hybridized carbons (Fsp3) is 0.684. The lowest BCUT2D eigenvalue weighted by atomic mass is 9.75. The van der Waals surface area contributed by atoms with Crippen LogP contribution in [-0.4, -0.2) is 28.3 Å². The molecule has 2 N–H and O–H groups in total. The number of hydrogen-bond acceptors (Lipinski definition) is 3. The van der Waals surface area contributed by atoms with Gasteiger partial charge in [-0.1, -0.05) is 25.7 Å². The van der Waals surface area contributed by atoms with Gasteiger partial charge in [-0.15, -0.1) is 0 Å². The molecule has 124 valence electrons. The molecule has 0 amide bonds. The van der Waals surface area contributed by atoms with Crippen LogP contribution in [0.4, 0.5) is 0 Å². The molecule has 4 rings (SSSR count). The van der Waals surface area contributed by atoms with Crippen LogP contribution in [-0.2, 0) is 0 Å². The van der Waals surface area contributed by atoms with E-state index in [4.69, 9.17) is 4.98 Å². The molecule has 0 aromatic carbocycles. The van der Waals surface area contributed by atoms with E-state index in [-0.39, 0.29) is 0 Å². The summed E-state index contributed by atoms with van der Waals surface area (Å²) < 4.78 is 0. The van der Waals surface area contributed by atoms with Gasteiger partial charge in [-0.2, -0.15) is 5.10 Å². The van der Waals surface area contributed by atoms with Crippen molar-refractivity contribution in [1.29, 1.82) is 0 Å². The van der Waals surface area contributed by atoms with Gasteiger partial charge in [0, 0.05) is 17.5 Å². The van der Waals surface area contributed by atoms with E-state index in [2.05, 4.69) is 15.5 Å². The van der Waals surface area contributed by atoms with Crippen LogP contribution in [0.3, 0.4) is 0 Å². The van der Waals surface area contributed by atoms with Gasteiger partial charge in [-0.25, -0.2) is 0 Å². The summed E-state index contributed by atoms with van der Waals surface area (Å²) in [6.07, 6.45) is 14.8. The first kappa shape index (κ1) is 15.1. The summed E-state index contributed by atoms with van der Waals surface area (Å²) in [5.41, 5.74) is 2.40. The summed E-state index contributed by atoms with van der Waals surface area (Å²) in [6, 6.07) is 2.03. The normalized spacial score (nSPS) is 27.7. The second-order valence-corrected chi connectivity index (χ2v) is 7.43. The van der Waals surface area contributed by atoms with E-state index in [1.54, 1.807) is 0 Å². The molecule has 2 fully saturated rings. The molecule has 1 saturated heterocycles. The van der Waals surface area contributed by atoms with Crippen LogP contribution in [0.1, 0.15) is 63.0 Å². The van der Waals surface area contributed by atoms with Crippen molar-refractivity contribution in [2.45, 2.75) is 57.3 Å². The molecule has 0 spiro atoms. The van der Waals surface area contributed by atoms with Crippen molar-refractivity contribution in [3.05, 3.63) is 24.2 Å². The maximum atomic E-state index is 4.72. The van der Waals surface area contributed by atoms with Crippen LogP contribution in [0.5, 0.6) is 0 Å². The fourth-order valence-electron chi connectivity index (χ4n) is 4.82. The second-order valence-electron chi connectivity index (χ2n) is 7.43. The van der Waals surface area contributed by atoms with E-state index in [0.29, 0.717) is 5.92 Å². The van der Waals surface area contributed by atoms with Crippen LogP contribution < -0.4 is 5.32 Å². The number of H-pyrrole nitrogens is 1. The third-order valence-corrected chi connectivity index (χ3v) is 6.09. The molecule has 4 nitrogen and oxygen atoms in total. The predicted molar refractivity (Wildman–Crippen MR) is 93.4 cm³/mol. The molecule has 0 bridgehead atoms. The Morgan fingerprint density at radius 1 is 0.913 bits per heavy atom. The van der Waals surface area contributed by atoms with Gasteiger partial charge in [0.15, 0.2) is 0 Å². The van der Waals surface area contributed by atoms with Crippen molar-refractivity contribution in [1.82, 2.24) is 20.5 Å². The molecule has 2 aromatic heterocycles. The smallest absolute Gasteiger partial charge is 0.0684 e. The Hall–Kier alpha value is -1.42. The topological polar surface area (TPSA) is 53.6 Å². The zero-order chi connectivity index (χ0) is 15.5. The number of aromatic amines is 1. The quantitative estimate of drug-likeness (QED) is 0.881. The Kier molecular flexibility index (Phi) is 4.60. The third-order valence-electron chi connectivity index (χ3n) is 6.09. The molecule has 0 radical (unpaired) electrons. The van der Waals surface area contributed by atoms with E-state index in [1.807, 2.05) is 18.5 Å². The molecule has 2 aromatic rings. The number of pyridine rings is 1. The lowest BCUT2D eigenvalue weighted by Gasteiger charge is -2.33. The Bertz CT molecular complexity index is 619. The Labute approximate surface area is 138 Å². The Morgan fingerprint density at radius 2 is 1.65 bits per heavy atom. The monoisotopic (exact) mass is 312 g/mol. The van der Waals surface area contributed by atoms with Gasteiger partial charge in [0.25, 0.3) is 0 Å². The number of hydrogen-bond donors (Lipinski definition) is 2. The van der Waals surface area contributed by atoms with Crippen LogP contribution in [0.25, 0.3) is 10.9 Å². The highest BCUT2D eigenvalue weighted by Gasteiger charge is 2.26. The third kappa shape index (κ3) is 3.27. The SMILES string of the molecule is c1cc2[nH]ncc2c(C2CCCC(C3CCNCC3)CCC2)n1. The molecule has 3 heterocycles. The fourth-order valence-corrected chi connectivity index (χ4v) is 4.82. The van der Waals surface area contributed by atoms with Crippen LogP contribution in [0, 0.1) is 11.8 Å². The van der Waals surface area contributed by atoms with Gasteiger partial charge in [0.2, 0.25) is 0 Å². The van der Waals surface area contributed by atoms with Crippen molar-refractivity contribution < 1.29 is 0 Å². The lowest BCUT2D eigenvalue weighted by molar-refractivity contribution is 0.212. The first-order valence-corrected chi connectivity index (χ1v) is 9.40. The number of aromatic nitrogens is 3. The molecule has 4 heteroatoms. The van der Waals surface area contributed by atoms with E-state index in [9.17, 15) is 0 Å². The summed E-state index contributed by atoms with van der Waals surface area (Å²) in [5, 5.41) is 12.0. The average Bonchev–Trinajstić information content (AvgIpc) is 3.04. The van der Waals surface area contributed by atoms with Crippen molar-refractivity contribution in [2.75, 3.05) is 13.1 Å². The molecule has 1 aliphatic heterocycles. The lowest BCUT2D eigenvalue weighted by Crippen LogP contribution is -2.32. The van der Waals surface area contributed by atoms with Crippen LogP contribution >= 0.6 is 0 Å². The summed E-state index contributed by atoms with van der Waals surface area (Å²) in [4.78, 5) is 4.72.